The molecule has 2 fully saturated rings. The van der Waals surface area contributed by atoms with Crippen LogP contribution in [0.1, 0.15) is 57.8 Å². The lowest BCUT2D eigenvalue weighted by atomic mass is 9.79. The maximum Gasteiger partial charge on any atom is 0.337 e. The van der Waals surface area contributed by atoms with E-state index >= 15 is 0 Å². The van der Waals surface area contributed by atoms with E-state index in [9.17, 15) is 15.0 Å². The molecule has 2 aliphatic carbocycles. The smallest absolute Gasteiger partial charge is 0.337 e. The third-order valence-electron chi connectivity index (χ3n) is 4.29. The van der Waals surface area contributed by atoms with Crippen molar-refractivity contribution in [3.63, 3.8) is 0 Å². The average molecular weight is 241 g/mol. The first-order chi connectivity index (χ1) is 8.13. The molecule has 0 spiro atoms. The van der Waals surface area contributed by atoms with Crippen LogP contribution in [0.25, 0.3) is 0 Å². The van der Waals surface area contributed by atoms with Crippen LogP contribution in [0.4, 0.5) is 0 Å². The maximum absolute atomic E-state index is 11.2. The van der Waals surface area contributed by atoms with Crippen LogP contribution in [0.3, 0.4) is 0 Å². The molecule has 2 rings (SSSR count). The molecule has 2 unspecified atom stereocenters. The molecule has 0 aromatic rings. The number of nitrogens with one attached hydrogen (secondary N) is 1. The summed E-state index contributed by atoms with van der Waals surface area (Å²) in [5.41, 5.74) is -1.55. The fourth-order valence-corrected chi connectivity index (χ4v) is 3.19. The molecule has 4 nitrogen and oxygen atoms in total. The molecule has 98 valence electrons. The molecule has 4 heteroatoms. The molecule has 0 radical (unpaired) electrons. The Kier molecular flexibility index (Phi) is 4.05. The molecule has 0 aromatic heterocycles. The van der Waals surface area contributed by atoms with E-state index in [1.165, 1.54) is 19.3 Å². The van der Waals surface area contributed by atoms with Gasteiger partial charge in [-0.25, -0.2) is 4.79 Å². The first kappa shape index (κ1) is 12.8. The summed E-state index contributed by atoms with van der Waals surface area (Å²) < 4.78 is 0. The maximum atomic E-state index is 11.2. The number of hydrogen-bond donors (Lipinski definition) is 3. The number of carboxylic acid groups (broad SMARTS) is 1. The predicted molar refractivity (Wildman–Crippen MR) is 64.9 cm³/mol. The van der Waals surface area contributed by atoms with E-state index in [4.69, 9.17) is 0 Å². The Hall–Kier alpha value is -0.610. The molecule has 3 N–H and O–H groups in total. The zero-order valence-electron chi connectivity index (χ0n) is 10.3. The summed E-state index contributed by atoms with van der Waals surface area (Å²) in [4.78, 5) is 11.2. The first-order valence-electron chi connectivity index (χ1n) is 6.85. The summed E-state index contributed by atoms with van der Waals surface area (Å²) in [5, 5.41) is 22.9. The van der Waals surface area contributed by atoms with Crippen LogP contribution >= 0.6 is 0 Å². The molecule has 0 bridgehead atoms. The van der Waals surface area contributed by atoms with Crippen molar-refractivity contribution in [3.8, 4) is 0 Å². The Balaban J connectivity index is 1.98. The quantitative estimate of drug-likeness (QED) is 0.703. The fourth-order valence-electron chi connectivity index (χ4n) is 3.19. The Labute approximate surface area is 102 Å². The van der Waals surface area contributed by atoms with Crippen LogP contribution in [0.5, 0.6) is 0 Å². The number of aliphatic carboxylic acids is 1. The highest BCUT2D eigenvalue weighted by Gasteiger charge is 2.46. The highest BCUT2D eigenvalue weighted by Crippen LogP contribution is 2.30. The van der Waals surface area contributed by atoms with E-state index in [0.29, 0.717) is 12.5 Å². The molecule has 0 amide bonds. The van der Waals surface area contributed by atoms with E-state index in [1.807, 2.05) is 0 Å². The van der Waals surface area contributed by atoms with Gasteiger partial charge < -0.3 is 15.5 Å². The summed E-state index contributed by atoms with van der Waals surface area (Å²) in [6.45, 7) is 0. The van der Waals surface area contributed by atoms with Gasteiger partial charge in [-0.05, 0) is 32.1 Å². The zero-order valence-corrected chi connectivity index (χ0v) is 10.3. The normalized spacial score (nSPS) is 35.7. The van der Waals surface area contributed by atoms with E-state index < -0.39 is 11.6 Å². The molecular formula is C13H23NO3. The minimum atomic E-state index is -1.55. The van der Waals surface area contributed by atoms with Crippen molar-refractivity contribution in [2.45, 2.75) is 75.5 Å². The van der Waals surface area contributed by atoms with Crippen molar-refractivity contribution in [1.82, 2.24) is 5.32 Å². The Morgan fingerprint density at radius 2 is 1.71 bits per heavy atom. The summed E-state index contributed by atoms with van der Waals surface area (Å²) in [5.74, 6) is -1.06. The SMILES string of the molecule is O=C(O)C1(O)CCCCC1NC1CCCCC1. The van der Waals surface area contributed by atoms with Gasteiger partial charge in [0.2, 0.25) is 0 Å². The molecule has 2 aliphatic rings. The average Bonchev–Trinajstić information content (AvgIpc) is 2.33. The van der Waals surface area contributed by atoms with Crippen LogP contribution in [-0.4, -0.2) is 33.9 Å². The van der Waals surface area contributed by atoms with Gasteiger partial charge in [0.15, 0.2) is 5.60 Å². The van der Waals surface area contributed by atoms with Gasteiger partial charge in [-0.15, -0.1) is 0 Å². The van der Waals surface area contributed by atoms with Crippen LogP contribution in [0.2, 0.25) is 0 Å². The minimum Gasteiger partial charge on any atom is -0.479 e. The molecule has 0 aliphatic heterocycles. The van der Waals surface area contributed by atoms with Crippen LogP contribution < -0.4 is 5.32 Å². The second kappa shape index (κ2) is 5.36. The number of aliphatic hydroxyl groups is 1. The van der Waals surface area contributed by atoms with E-state index in [1.54, 1.807) is 0 Å². The predicted octanol–water partition coefficient (Wildman–Crippen LogP) is 1.67. The highest BCUT2D eigenvalue weighted by molar-refractivity contribution is 5.78. The summed E-state index contributed by atoms with van der Waals surface area (Å²) in [7, 11) is 0. The van der Waals surface area contributed by atoms with Gasteiger partial charge in [0.05, 0.1) is 0 Å². The van der Waals surface area contributed by atoms with Gasteiger partial charge in [-0.3, -0.25) is 0 Å². The lowest BCUT2D eigenvalue weighted by Gasteiger charge is -2.40. The monoisotopic (exact) mass is 241 g/mol. The first-order valence-corrected chi connectivity index (χ1v) is 6.85. The lowest BCUT2D eigenvalue weighted by molar-refractivity contribution is -0.165. The molecule has 0 heterocycles. The van der Waals surface area contributed by atoms with Gasteiger partial charge in [-0.2, -0.15) is 0 Å². The number of rotatable bonds is 3. The largest absolute Gasteiger partial charge is 0.479 e. The number of carboxylic acids is 1. The Bertz CT molecular complexity index is 276. The summed E-state index contributed by atoms with van der Waals surface area (Å²) in [6, 6.07) is 0.134. The lowest BCUT2D eigenvalue weighted by Crippen LogP contribution is -2.59. The van der Waals surface area contributed by atoms with Gasteiger partial charge in [-0.1, -0.05) is 25.7 Å². The minimum absolute atomic E-state index is 0.267. The Morgan fingerprint density at radius 1 is 1.06 bits per heavy atom. The van der Waals surface area contributed by atoms with Crippen molar-refractivity contribution in [1.29, 1.82) is 0 Å². The van der Waals surface area contributed by atoms with Crippen molar-refractivity contribution in [3.05, 3.63) is 0 Å². The molecule has 2 atom stereocenters. The van der Waals surface area contributed by atoms with E-state index in [2.05, 4.69) is 5.32 Å². The van der Waals surface area contributed by atoms with E-state index in [-0.39, 0.29) is 6.04 Å². The zero-order chi connectivity index (χ0) is 12.3. The van der Waals surface area contributed by atoms with Crippen molar-refractivity contribution in [2.75, 3.05) is 0 Å². The number of hydrogen-bond acceptors (Lipinski definition) is 3. The summed E-state index contributed by atoms with van der Waals surface area (Å²) in [6.07, 6.45) is 8.94. The molecule has 2 saturated carbocycles. The second-order valence-corrected chi connectivity index (χ2v) is 5.53. The van der Waals surface area contributed by atoms with Gasteiger partial charge in [0.25, 0.3) is 0 Å². The molecule has 0 saturated heterocycles. The third kappa shape index (κ3) is 2.80. The van der Waals surface area contributed by atoms with Crippen molar-refractivity contribution < 1.29 is 15.0 Å². The van der Waals surface area contributed by atoms with Crippen LogP contribution in [-0.2, 0) is 4.79 Å². The topological polar surface area (TPSA) is 69.6 Å². The van der Waals surface area contributed by atoms with E-state index in [0.717, 1.165) is 32.1 Å². The third-order valence-corrected chi connectivity index (χ3v) is 4.29. The molecular weight excluding hydrogens is 218 g/mol. The van der Waals surface area contributed by atoms with Gasteiger partial charge in [0, 0.05) is 12.1 Å². The van der Waals surface area contributed by atoms with Gasteiger partial charge >= 0.3 is 5.97 Å². The fraction of sp³-hybridized carbons (Fsp3) is 0.923. The highest BCUT2D eigenvalue weighted by atomic mass is 16.4. The van der Waals surface area contributed by atoms with Gasteiger partial charge in [0.1, 0.15) is 0 Å². The standard InChI is InChI=1S/C13H23NO3/c15-12(16)13(17)9-5-4-8-11(13)14-10-6-2-1-3-7-10/h10-11,14,17H,1-9H2,(H,15,16). The van der Waals surface area contributed by atoms with Crippen molar-refractivity contribution in [2.24, 2.45) is 0 Å². The Morgan fingerprint density at radius 3 is 2.35 bits per heavy atom. The van der Waals surface area contributed by atoms with Crippen LogP contribution in [0, 0.1) is 0 Å². The molecule has 17 heavy (non-hydrogen) atoms. The van der Waals surface area contributed by atoms with Crippen LogP contribution in [0.15, 0.2) is 0 Å². The second-order valence-electron chi connectivity index (χ2n) is 5.53. The number of carbonyl (C=O) groups is 1. The molecule has 0 aromatic carbocycles. The summed E-state index contributed by atoms with van der Waals surface area (Å²) >= 11 is 0. The van der Waals surface area contributed by atoms with Crippen molar-refractivity contribution >= 4 is 5.97 Å².